The fourth-order valence-electron chi connectivity index (χ4n) is 0.976. The van der Waals surface area contributed by atoms with Gasteiger partial charge in [-0.1, -0.05) is 18.2 Å². The first-order valence-corrected chi connectivity index (χ1v) is 3.98. The quantitative estimate of drug-likeness (QED) is 0.636. The molecule has 0 aliphatic heterocycles. The lowest BCUT2D eigenvalue weighted by molar-refractivity contribution is 0.112. The summed E-state index contributed by atoms with van der Waals surface area (Å²) in [5.74, 6) is 0. The van der Waals surface area contributed by atoms with Gasteiger partial charge in [0.1, 0.15) is 6.29 Å². The lowest BCUT2D eigenvalue weighted by Gasteiger charge is -2.00. The van der Waals surface area contributed by atoms with Crippen LogP contribution in [0.4, 0.5) is 0 Å². The molecule has 0 amide bonds. The molecule has 1 aromatic carbocycles. The molecule has 0 heterocycles. The lowest BCUT2D eigenvalue weighted by atomic mass is 10.1. The van der Waals surface area contributed by atoms with Crippen molar-refractivity contribution in [2.45, 2.75) is 13.5 Å². The molecule has 0 unspecified atom stereocenters. The molecule has 0 N–H and O–H groups in total. The average molecular weight is 164 g/mol. The van der Waals surface area contributed by atoms with E-state index < -0.39 is 0 Å². The van der Waals surface area contributed by atoms with E-state index in [2.05, 4.69) is 0 Å². The fourth-order valence-corrected chi connectivity index (χ4v) is 0.976. The molecule has 0 aliphatic rings. The van der Waals surface area contributed by atoms with E-state index in [1.807, 2.05) is 25.1 Å². The molecule has 2 heteroatoms. The fraction of sp³-hybridized carbons (Fsp3) is 0.300. The van der Waals surface area contributed by atoms with Gasteiger partial charge in [0.15, 0.2) is 0 Å². The highest BCUT2D eigenvalue weighted by Gasteiger charge is 1.93. The molecule has 0 saturated carbocycles. The molecule has 12 heavy (non-hydrogen) atoms. The largest absolute Gasteiger partial charge is 0.377 e. The van der Waals surface area contributed by atoms with Gasteiger partial charge in [0.2, 0.25) is 0 Å². The SMILES string of the molecule is CCOCc1cccc(C=O)c1. The van der Waals surface area contributed by atoms with Crippen molar-refractivity contribution in [3.8, 4) is 0 Å². The molecule has 2 nitrogen and oxygen atoms in total. The monoisotopic (exact) mass is 164 g/mol. The maximum Gasteiger partial charge on any atom is 0.150 e. The molecule has 0 aliphatic carbocycles. The van der Waals surface area contributed by atoms with Crippen molar-refractivity contribution in [3.63, 3.8) is 0 Å². The zero-order valence-electron chi connectivity index (χ0n) is 7.12. The van der Waals surface area contributed by atoms with E-state index in [9.17, 15) is 4.79 Å². The Labute approximate surface area is 72.2 Å². The topological polar surface area (TPSA) is 26.3 Å². The van der Waals surface area contributed by atoms with Gasteiger partial charge in [-0.05, 0) is 18.6 Å². The minimum atomic E-state index is 0.582. The van der Waals surface area contributed by atoms with Crippen LogP contribution in [0, 0.1) is 0 Å². The number of hydrogen-bond donors (Lipinski definition) is 0. The summed E-state index contributed by atoms with van der Waals surface area (Å²) in [7, 11) is 0. The van der Waals surface area contributed by atoms with Crippen molar-refractivity contribution in [2.75, 3.05) is 6.61 Å². The highest BCUT2D eigenvalue weighted by molar-refractivity contribution is 5.74. The van der Waals surface area contributed by atoms with E-state index in [-0.39, 0.29) is 0 Å². The number of carbonyl (C=O) groups excluding carboxylic acids is 1. The van der Waals surface area contributed by atoms with Crippen LogP contribution in [0.3, 0.4) is 0 Å². The number of rotatable bonds is 4. The molecule has 0 atom stereocenters. The van der Waals surface area contributed by atoms with Crippen LogP contribution in [0.1, 0.15) is 22.8 Å². The second kappa shape index (κ2) is 4.67. The summed E-state index contributed by atoms with van der Waals surface area (Å²) >= 11 is 0. The molecule has 0 aromatic heterocycles. The van der Waals surface area contributed by atoms with E-state index in [1.165, 1.54) is 0 Å². The van der Waals surface area contributed by atoms with Crippen LogP contribution in [0.2, 0.25) is 0 Å². The first kappa shape index (κ1) is 8.94. The van der Waals surface area contributed by atoms with Crippen LogP contribution >= 0.6 is 0 Å². The predicted octanol–water partition coefficient (Wildman–Crippen LogP) is 2.04. The smallest absolute Gasteiger partial charge is 0.150 e. The number of hydrogen-bond acceptors (Lipinski definition) is 2. The molecule has 64 valence electrons. The molecule has 0 fully saturated rings. The van der Waals surface area contributed by atoms with E-state index in [4.69, 9.17) is 4.74 Å². The van der Waals surface area contributed by atoms with Gasteiger partial charge in [0.05, 0.1) is 6.61 Å². The second-order valence-corrected chi connectivity index (χ2v) is 2.50. The summed E-state index contributed by atoms with van der Waals surface area (Å²) < 4.78 is 5.20. The van der Waals surface area contributed by atoms with Crippen molar-refractivity contribution < 1.29 is 9.53 Å². The minimum Gasteiger partial charge on any atom is -0.377 e. The summed E-state index contributed by atoms with van der Waals surface area (Å²) in [6, 6.07) is 7.42. The van der Waals surface area contributed by atoms with E-state index in [0.717, 1.165) is 11.8 Å². The number of aldehydes is 1. The molecular weight excluding hydrogens is 152 g/mol. The van der Waals surface area contributed by atoms with Crippen molar-refractivity contribution in [1.82, 2.24) is 0 Å². The number of carbonyl (C=O) groups is 1. The van der Waals surface area contributed by atoms with Crippen molar-refractivity contribution in [1.29, 1.82) is 0 Å². The molecule has 1 aromatic rings. The summed E-state index contributed by atoms with van der Waals surface area (Å²) in [5.41, 5.74) is 1.74. The zero-order chi connectivity index (χ0) is 8.81. The molecule has 0 radical (unpaired) electrons. The Balaban J connectivity index is 2.66. The van der Waals surface area contributed by atoms with Gasteiger partial charge >= 0.3 is 0 Å². The number of ether oxygens (including phenoxy) is 1. The molecule has 0 saturated heterocycles. The molecule has 0 spiro atoms. The van der Waals surface area contributed by atoms with Gasteiger partial charge in [0.25, 0.3) is 0 Å². The second-order valence-electron chi connectivity index (χ2n) is 2.50. The third kappa shape index (κ3) is 2.47. The Kier molecular flexibility index (Phi) is 3.48. The normalized spacial score (nSPS) is 9.75. The third-order valence-electron chi connectivity index (χ3n) is 1.56. The van der Waals surface area contributed by atoms with Gasteiger partial charge in [0, 0.05) is 12.2 Å². The highest BCUT2D eigenvalue weighted by Crippen LogP contribution is 2.04. The summed E-state index contributed by atoms with van der Waals surface area (Å²) in [4.78, 5) is 10.4. The van der Waals surface area contributed by atoms with Crippen LogP contribution < -0.4 is 0 Å². The van der Waals surface area contributed by atoms with Crippen LogP contribution in [-0.4, -0.2) is 12.9 Å². The van der Waals surface area contributed by atoms with Crippen LogP contribution in [-0.2, 0) is 11.3 Å². The van der Waals surface area contributed by atoms with Crippen LogP contribution in [0.5, 0.6) is 0 Å². The maximum atomic E-state index is 10.4. The van der Waals surface area contributed by atoms with E-state index >= 15 is 0 Å². The lowest BCUT2D eigenvalue weighted by Crippen LogP contribution is -1.92. The molecule has 0 bridgehead atoms. The van der Waals surface area contributed by atoms with Gasteiger partial charge < -0.3 is 4.74 Å². The number of benzene rings is 1. The standard InChI is InChI=1S/C10H12O2/c1-2-12-8-10-5-3-4-9(6-10)7-11/h3-7H,2,8H2,1H3. The Bertz CT molecular complexity index is 256. The zero-order valence-corrected chi connectivity index (χ0v) is 7.12. The minimum absolute atomic E-state index is 0.582. The van der Waals surface area contributed by atoms with Crippen LogP contribution in [0.25, 0.3) is 0 Å². The Hall–Kier alpha value is -1.15. The van der Waals surface area contributed by atoms with Gasteiger partial charge in [-0.2, -0.15) is 0 Å². The van der Waals surface area contributed by atoms with Gasteiger partial charge in [-0.15, -0.1) is 0 Å². The first-order chi connectivity index (χ1) is 5.86. The summed E-state index contributed by atoms with van der Waals surface area (Å²) in [5, 5.41) is 0. The van der Waals surface area contributed by atoms with Gasteiger partial charge in [-0.25, -0.2) is 0 Å². The van der Waals surface area contributed by atoms with Crippen molar-refractivity contribution in [3.05, 3.63) is 35.4 Å². The molecular formula is C10H12O2. The van der Waals surface area contributed by atoms with E-state index in [0.29, 0.717) is 18.8 Å². The third-order valence-corrected chi connectivity index (χ3v) is 1.56. The highest BCUT2D eigenvalue weighted by atomic mass is 16.5. The predicted molar refractivity (Wildman–Crippen MR) is 47.2 cm³/mol. The molecule has 1 rings (SSSR count). The average Bonchev–Trinajstić information content (AvgIpc) is 2.15. The Morgan fingerprint density at radius 2 is 2.33 bits per heavy atom. The van der Waals surface area contributed by atoms with Crippen LogP contribution in [0.15, 0.2) is 24.3 Å². The maximum absolute atomic E-state index is 10.4. The summed E-state index contributed by atoms with van der Waals surface area (Å²) in [6.45, 7) is 3.23. The summed E-state index contributed by atoms with van der Waals surface area (Å²) in [6.07, 6.45) is 0.843. The first-order valence-electron chi connectivity index (χ1n) is 3.98. The van der Waals surface area contributed by atoms with Crippen molar-refractivity contribution >= 4 is 6.29 Å². The van der Waals surface area contributed by atoms with Gasteiger partial charge in [-0.3, -0.25) is 4.79 Å². The Morgan fingerprint density at radius 1 is 1.50 bits per heavy atom. The Morgan fingerprint density at radius 3 is 3.00 bits per heavy atom. The van der Waals surface area contributed by atoms with Crippen molar-refractivity contribution in [2.24, 2.45) is 0 Å². The van der Waals surface area contributed by atoms with E-state index in [1.54, 1.807) is 6.07 Å².